The number of rotatable bonds is 3. The van der Waals surface area contributed by atoms with Crippen LogP contribution >= 0.6 is 0 Å². The minimum atomic E-state index is -0.0477. The van der Waals surface area contributed by atoms with Gasteiger partial charge < -0.3 is 4.74 Å². The number of H-pyrrole nitrogens is 1. The van der Waals surface area contributed by atoms with Crippen LogP contribution in [0.4, 0.5) is 5.95 Å². The Balaban J connectivity index is 1.66. The molecule has 0 atom stereocenters. The lowest BCUT2D eigenvalue weighted by Gasteiger charge is -2.07. The summed E-state index contributed by atoms with van der Waals surface area (Å²) in [4.78, 5) is 16.1. The number of ether oxygens (including phenoxy) is 1. The molecule has 0 saturated heterocycles. The SMILES string of the molecule is COc1n[nH]c(NC(=O)C2Cc3ccccc3C2)n1. The van der Waals surface area contributed by atoms with E-state index >= 15 is 0 Å². The first-order valence-corrected chi connectivity index (χ1v) is 6.10. The first-order valence-electron chi connectivity index (χ1n) is 6.10. The molecular formula is C13H14N4O2. The van der Waals surface area contributed by atoms with E-state index in [-0.39, 0.29) is 17.8 Å². The number of anilines is 1. The average molecular weight is 258 g/mol. The Morgan fingerprint density at radius 2 is 2.05 bits per heavy atom. The Morgan fingerprint density at radius 3 is 2.63 bits per heavy atom. The van der Waals surface area contributed by atoms with E-state index in [0.717, 1.165) is 12.8 Å². The van der Waals surface area contributed by atoms with Gasteiger partial charge in [0, 0.05) is 5.92 Å². The predicted octanol–water partition coefficient (Wildman–Crippen LogP) is 1.17. The summed E-state index contributed by atoms with van der Waals surface area (Å²) in [6.07, 6.45) is 1.54. The van der Waals surface area contributed by atoms with Gasteiger partial charge in [0.05, 0.1) is 7.11 Å². The van der Waals surface area contributed by atoms with Crippen molar-refractivity contribution in [3.05, 3.63) is 35.4 Å². The summed E-state index contributed by atoms with van der Waals surface area (Å²) in [6, 6.07) is 8.35. The third-order valence-electron chi connectivity index (χ3n) is 3.31. The van der Waals surface area contributed by atoms with E-state index in [1.54, 1.807) is 0 Å². The van der Waals surface area contributed by atoms with Crippen LogP contribution in [0.1, 0.15) is 11.1 Å². The molecule has 0 saturated carbocycles. The van der Waals surface area contributed by atoms with Gasteiger partial charge in [0.15, 0.2) is 0 Å². The highest BCUT2D eigenvalue weighted by molar-refractivity contribution is 5.91. The van der Waals surface area contributed by atoms with Crippen molar-refractivity contribution in [2.45, 2.75) is 12.8 Å². The van der Waals surface area contributed by atoms with Gasteiger partial charge in [0.1, 0.15) is 0 Å². The van der Waals surface area contributed by atoms with Crippen LogP contribution in [0, 0.1) is 5.92 Å². The van der Waals surface area contributed by atoms with Gasteiger partial charge >= 0.3 is 6.01 Å². The molecule has 6 nitrogen and oxygen atoms in total. The zero-order chi connectivity index (χ0) is 13.2. The predicted molar refractivity (Wildman–Crippen MR) is 68.9 cm³/mol. The van der Waals surface area contributed by atoms with Gasteiger partial charge in [0.25, 0.3) is 0 Å². The normalized spacial score (nSPS) is 14.2. The van der Waals surface area contributed by atoms with Crippen molar-refractivity contribution in [2.24, 2.45) is 5.92 Å². The zero-order valence-electron chi connectivity index (χ0n) is 10.5. The fraction of sp³-hybridized carbons (Fsp3) is 0.308. The lowest BCUT2D eigenvalue weighted by atomic mass is 10.1. The monoisotopic (exact) mass is 258 g/mol. The third kappa shape index (κ3) is 2.29. The molecule has 0 fully saturated rings. The molecule has 0 unspecified atom stereocenters. The Hall–Kier alpha value is -2.37. The van der Waals surface area contributed by atoms with Gasteiger partial charge in [0.2, 0.25) is 11.9 Å². The van der Waals surface area contributed by atoms with Crippen molar-refractivity contribution < 1.29 is 9.53 Å². The van der Waals surface area contributed by atoms with E-state index in [1.165, 1.54) is 18.2 Å². The van der Waals surface area contributed by atoms with Gasteiger partial charge in [-0.05, 0) is 24.0 Å². The number of hydrogen-bond donors (Lipinski definition) is 2. The van der Waals surface area contributed by atoms with Crippen LogP contribution in [0.2, 0.25) is 0 Å². The number of carbonyl (C=O) groups excluding carboxylic acids is 1. The van der Waals surface area contributed by atoms with E-state index in [1.807, 2.05) is 12.1 Å². The van der Waals surface area contributed by atoms with Crippen LogP contribution in [0.25, 0.3) is 0 Å². The summed E-state index contributed by atoms with van der Waals surface area (Å²) in [5, 5.41) is 9.12. The Morgan fingerprint density at radius 1 is 1.37 bits per heavy atom. The van der Waals surface area contributed by atoms with Crippen molar-refractivity contribution in [1.29, 1.82) is 0 Å². The smallest absolute Gasteiger partial charge is 0.336 e. The van der Waals surface area contributed by atoms with Crippen molar-refractivity contribution in [3.63, 3.8) is 0 Å². The number of hydrogen-bond acceptors (Lipinski definition) is 4. The summed E-state index contributed by atoms with van der Waals surface area (Å²) in [5.41, 5.74) is 2.50. The maximum absolute atomic E-state index is 12.1. The molecule has 1 aromatic carbocycles. The standard InChI is InChI=1S/C13H14N4O2/c1-19-13-15-12(16-17-13)14-11(18)10-6-8-4-2-3-5-9(8)7-10/h2-5,10H,6-7H2,1H3,(H2,14,15,16,17,18). The number of amides is 1. The summed E-state index contributed by atoms with van der Waals surface area (Å²) < 4.78 is 4.85. The summed E-state index contributed by atoms with van der Waals surface area (Å²) in [5.74, 6) is 0.223. The van der Waals surface area contributed by atoms with Crippen LogP contribution < -0.4 is 10.1 Å². The van der Waals surface area contributed by atoms with Crippen molar-refractivity contribution in [2.75, 3.05) is 12.4 Å². The van der Waals surface area contributed by atoms with E-state index in [0.29, 0.717) is 5.95 Å². The Bertz CT molecular complexity index is 583. The topological polar surface area (TPSA) is 79.9 Å². The van der Waals surface area contributed by atoms with Crippen molar-refractivity contribution >= 4 is 11.9 Å². The zero-order valence-corrected chi connectivity index (χ0v) is 10.5. The molecular weight excluding hydrogens is 244 g/mol. The average Bonchev–Trinajstić information content (AvgIpc) is 3.04. The number of benzene rings is 1. The van der Waals surface area contributed by atoms with Crippen LogP contribution in [-0.4, -0.2) is 28.2 Å². The molecule has 0 radical (unpaired) electrons. The lowest BCUT2D eigenvalue weighted by Crippen LogP contribution is -2.23. The highest BCUT2D eigenvalue weighted by Gasteiger charge is 2.27. The van der Waals surface area contributed by atoms with Crippen LogP contribution in [0.3, 0.4) is 0 Å². The van der Waals surface area contributed by atoms with Gasteiger partial charge in [-0.15, -0.1) is 5.10 Å². The van der Waals surface area contributed by atoms with E-state index in [2.05, 4.69) is 32.6 Å². The number of nitrogens with zero attached hydrogens (tertiary/aromatic N) is 2. The van der Waals surface area contributed by atoms with Crippen LogP contribution in [0.5, 0.6) is 6.01 Å². The molecule has 3 rings (SSSR count). The maximum Gasteiger partial charge on any atom is 0.336 e. The number of aromatic nitrogens is 3. The molecule has 19 heavy (non-hydrogen) atoms. The van der Waals surface area contributed by atoms with Gasteiger partial charge in [-0.1, -0.05) is 24.3 Å². The van der Waals surface area contributed by atoms with Crippen LogP contribution in [0.15, 0.2) is 24.3 Å². The van der Waals surface area contributed by atoms with Crippen LogP contribution in [-0.2, 0) is 17.6 Å². The highest BCUT2D eigenvalue weighted by Crippen LogP contribution is 2.27. The molecule has 1 amide bonds. The third-order valence-corrected chi connectivity index (χ3v) is 3.31. The van der Waals surface area contributed by atoms with Gasteiger partial charge in [-0.3, -0.25) is 10.1 Å². The minimum absolute atomic E-state index is 0.0463. The molecule has 1 aliphatic rings. The first-order chi connectivity index (χ1) is 9.26. The minimum Gasteiger partial charge on any atom is -0.466 e. The molecule has 1 aliphatic carbocycles. The number of methoxy groups -OCH3 is 1. The number of aromatic amines is 1. The molecule has 0 aliphatic heterocycles. The van der Waals surface area contributed by atoms with E-state index in [9.17, 15) is 4.79 Å². The van der Waals surface area contributed by atoms with Crippen molar-refractivity contribution in [3.8, 4) is 6.01 Å². The molecule has 1 heterocycles. The van der Waals surface area contributed by atoms with E-state index in [4.69, 9.17) is 4.74 Å². The molecule has 1 aromatic heterocycles. The Labute approximate surface area is 110 Å². The molecule has 2 N–H and O–H groups in total. The fourth-order valence-electron chi connectivity index (χ4n) is 2.36. The number of carbonyl (C=O) groups is 1. The maximum atomic E-state index is 12.1. The first kappa shape index (κ1) is 11.7. The molecule has 2 aromatic rings. The molecule has 98 valence electrons. The second-order valence-electron chi connectivity index (χ2n) is 4.53. The molecule has 6 heteroatoms. The van der Waals surface area contributed by atoms with E-state index < -0.39 is 0 Å². The number of fused-ring (bicyclic) bond motifs is 1. The van der Waals surface area contributed by atoms with Gasteiger partial charge in [-0.25, -0.2) is 5.10 Å². The molecule has 0 bridgehead atoms. The lowest BCUT2D eigenvalue weighted by molar-refractivity contribution is -0.119. The Kier molecular flexibility index (Phi) is 2.91. The second-order valence-corrected chi connectivity index (χ2v) is 4.53. The second kappa shape index (κ2) is 4.72. The highest BCUT2D eigenvalue weighted by atomic mass is 16.5. The summed E-state index contributed by atoms with van der Waals surface area (Å²) >= 11 is 0. The summed E-state index contributed by atoms with van der Waals surface area (Å²) in [7, 11) is 1.47. The largest absolute Gasteiger partial charge is 0.466 e. The van der Waals surface area contributed by atoms with Crippen molar-refractivity contribution in [1.82, 2.24) is 15.2 Å². The quantitative estimate of drug-likeness (QED) is 0.866. The number of nitrogens with one attached hydrogen (secondary N) is 2. The fourth-order valence-corrected chi connectivity index (χ4v) is 2.36. The van der Waals surface area contributed by atoms with Gasteiger partial charge in [-0.2, -0.15) is 4.98 Å². The molecule has 0 spiro atoms. The summed E-state index contributed by atoms with van der Waals surface area (Å²) in [6.45, 7) is 0.